The largest absolute Gasteiger partial charge is 0.497 e. The molecule has 2 aliphatic carbocycles. The number of rotatable bonds is 4. The van der Waals surface area contributed by atoms with Gasteiger partial charge in [0.15, 0.2) is 5.60 Å². The number of nitrogens with zero attached hydrogens (tertiary/aromatic N) is 1. The predicted octanol–water partition coefficient (Wildman–Crippen LogP) is 9.69. The molecule has 0 bridgehead atoms. The maximum absolute atomic E-state index is 7.48. The summed E-state index contributed by atoms with van der Waals surface area (Å²) in [4.78, 5) is 2.14. The van der Waals surface area contributed by atoms with E-state index in [0.717, 1.165) is 28.0 Å². The van der Waals surface area contributed by atoms with Crippen LogP contribution in [0.5, 0.6) is 11.5 Å². The molecule has 43 heavy (non-hydrogen) atoms. The van der Waals surface area contributed by atoms with Gasteiger partial charge in [-0.3, -0.25) is 0 Å². The molecule has 1 fully saturated rings. The predicted molar refractivity (Wildman–Crippen MR) is 178 cm³/mol. The van der Waals surface area contributed by atoms with Crippen molar-refractivity contribution in [2.45, 2.75) is 43.1 Å². The molecule has 0 amide bonds. The van der Waals surface area contributed by atoms with Crippen LogP contribution in [0.2, 0.25) is 0 Å². The van der Waals surface area contributed by atoms with Crippen LogP contribution < -0.4 is 14.4 Å². The van der Waals surface area contributed by atoms with Gasteiger partial charge < -0.3 is 14.4 Å². The molecule has 1 aliphatic heterocycles. The summed E-state index contributed by atoms with van der Waals surface area (Å²) in [6.45, 7) is 0. The van der Waals surface area contributed by atoms with Crippen molar-refractivity contribution in [1.82, 2.24) is 0 Å². The quantitative estimate of drug-likeness (QED) is 0.217. The van der Waals surface area contributed by atoms with Crippen molar-refractivity contribution in [3.63, 3.8) is 0 Å². The first-order valence-electron chi connectivity index (χ1n) is 15.6. The van der Waals surface area contributed by atoms with Crippen molar-refractivity contribution in [2.75, 3.05) is 26.1 Å². The Bertz CT molecular complexity index is 1870. The lowest BCUT2D eigenvalue weighted by atomic mass is 9.63. The van der Waals surface area contributed by atoms with Gasteiger partial charge in [-0.25, -0.2) is 0 Å². The van der Waals surface area contributed by atoms with Crippen LogP contribution in [0.15, 0.2) is 103 Å². The van der Waals surface area contributed by atoms with E-state index in [1.807, 2.05) is 0 Å². The molecule has 5 aromatic rings. The van der Waals surface area contributed by atoms with E-state index in [4.69, 9.17) is 9.47 Å². The average Bonchev–Trinajstić information content (AvgIpc) is 3.08. The maximum atomic E-state index is 7.48. The van der Waals surface area contributed by atoms with Gasteiger partial charge in [-0.15, -0.1) is 0 Å². The van der Waals surface area contributed by atoms with Gasteiger partial charge in [0.05, 0.1) is 7.11 Å². The lowest BCUT2D eigenvalue weighted by Crippen LogP contribution is -2.35. The molecule has 214 valence electrons. The van der Waals surface area contributed by atoms with Crippen molar-refractivity contribution in [3.05, 3.63) is 131 Å². The highest BCUT2D eigenvalue weighted by Crippen LogP contribution is 2.59. The van der Waals surface area contributed by atoms with Crippen LogP contribution in [0.1, 0.15) is 65.3 Å². The first-order valence-corrected chi connectivity index (χ1v) is 15.6. The lowest BCUT2D eigenvalue weighted by Gasteiger charge is -2.43. The molecule has 0 N–H and O–H groups in total. The summed E-state index contributed by atoms with van der Waals surface area (Å²) in [5.74, 6) is 2.83. The molecule has 5 aromatic carbocycles. The van der Waals surface area contributed by atoms with E-state index < -0.39 is 5.60 Å². The van der Waals surface area contributed by atoms with Crippen LogP contribution in [-0.2, 0) is 5.60 Å². The van der Waals surface area contributed by atoms with Gasteiger partial charge in [-0.2, -0.15) is 0 Å². The Balaban J connectivity index is 1.44. The number of ether oxygens (including phenoxy) is 2. The molecule has 3 aliphatic rings. The first-order chi connectivity index (χ1) is 21.1. The molecular formula is C40H37NO2. The Labute approximate surface area is 254 Å². The van der Waals surface area contributed by atoms with Crippen molar-refractivity contribution in [3.8, 4) is 22.6 Å². The topological polar surface area (TPSA) is 21.7 Å². The van der Waals surface area contributed by atoms with Gasteiger partial charge in [0.1, 0.15) is 11.5 Å². The normalized spacial score (nSPS) is 21.7. The van der Waals surface area contributed by atoms with Gasteiger partial charge in [0.2, 0.25) is 0 Å². The summed E-state index contributed by atoms with van der Waals surface area (Å²) < 4.78 is 13.3. The second-order valence-corrected chi connectivity index (χ2v) is 12.5. The minimum Gasteiger partial charge on any atom is -0.497 e. The number of anilines is 1. The van der Waals surface area contributed by atoms with E-state index in [0.29, 0.717) is 11.8 Å². The molecule has 8 rings (SSSR count). The Morgan fingerprint density at radius 2 is 1.49 bits per heavy atom. The fraction of sp³-hybridized carbons (Fsp3) is 0.250. The molecule has 3 unspecified atom stereocenters. The van der Waals surface area contributed by atoms with E-state index in [9.17, 15) is 0 Å². The molecule has 0 spiro atoms. The fourth-order valence-corrected chi connectivity index (χ4v) is 8.02. The van der Waals surface area contributed by atoms with Crippen LogP contribution in [0, 0.1) is 0 Å². The Morgan fingerprint density at radius 1 is 0.767 bits per heavy atom. The number of hydrogen-bond donors (Lipinski definition) is 0. The molecule has 0 saturated heterocycles. The Kier molecular flexibility index (Phi) is 6.11. The molecule has 1 heterocycles. The van der Waals surface area contributed by atoms with Crippen LogP contribution in [0.3, 0.4) is 0 Å². The maximum Gasteiger partial charge on any atom is 0.178 e. The second-order valence-electron chi connectivity index (χ2n) is 12.5. The third-order valence-electron chi connectivity index (χ3n) is 10.1. The van der Waals surface area contributed by atoms with Crippen LogP contribution in [0.25, 0.3) is 28.0 Å². The van der Waals surface area contributed by atoms with Gasteiger partial charge >= 0.3 is 0 Å². The monoisotopic (exact) mass is 563 g/mol. The van der Waals surface area contributed by atoms with Gasteiger partial charge in [0.25, 0.3) is 0 Å². The number of hydrogen-bond acceptors (Lipinski definition) is 3. The second kappa shape index (κ2) is 10.1. The standard InChI is InChI=1S/C40H37NO2/c1-41(2)28-19-17-27(18-20-28)40(26-11-5-4-6-12-26)24-23-35-38-33-16-10-8-14-31(33)30-13-7-9-15-32(30)37(38)34-22-21-29(42-3)25-36(34)39(35)43-40/h4-7,9,11-13,15,17-25,31,33H,8,10,14,16H2,1-3H3. The number of benzene rings is 5. The van der Waals surface area contributed by atoms with E-state index in [2.05, 4.69) is 128 Å². The minimum absolute atomic E-state index is 0.482. The highest BCUT2D eigenvalue weighted by molar-refractivity contribution is 6.07. The lowest BCUT2D eigenvalue weighted by molar-refractivity contribution is 0.163. The van der Waals surface area contributed by atoms with Crippen LogP contribution >= 0.6 is 0 Å². The van der Waals surface area contributed by atoms with Crippen LogP contribution in [0.4, 0.5) is 5.69 Å². The summed E-state index contributed by atoms with van der Waals surface area (Å²) in [5.41, 5.74) is 9.61. The highest BCUT2D eigenvalue weighted by atomic mass is 16.5. The Hall–Kier alpha value is -4.50. The summed E-state index contributed by atoms with van der Waals surface area (Å²) in [6.07, 6.45) is 9.71. The molecule has 0 radical (unpaired) electrons. The zero-order valence-electron chi connectivity index (χ0n) is 25.1. The van der Waals surface area contributed by atoms with Gasteiger partial charge in [-0.05, 0) is 88.7 Å². The number of fused-ring (bicyclic) bond motifs is 11. The third-order valence-corrected chi connectivity index (χ3v) is 10.1. The molecule has 3 heteroatoms. The zero-order chi connectivity index (χ0) is 29.1. The molecule has 0 aromatic heterocycles. The van der Waals surface area contributed by atoms with E-state index in [-0.39, 0.29) is 0 Å². The molecule has 1 saturated carbocycles. The van der Waals surface area contributed by atoms with Gasteiger partial charge in [-0.1, -0.05) is 85.6 Å². The van der Waals surface area contributed by atoms with Crippen molar-refractivity contribution >= 4 is 22.5 Å². The smallest absolute Gasteiger partial charge is 0.178 e. The van der Waals surface area contributed by atoms with Crippen molar-refractivity contribution in [2.24, 2.45) is 0 Å². The fourth-order valence-electron chi connectivity index (χ4n) is 8.02. The summed E-state index contributed by atoms with van der Waals surface area (Å²) in [6, 6.07) is 35.1. The zero-order valence-corrected chi connectivity index (χ0v) is 25.1. The minimum atomic E-state index is -0.762. The number of methoxy groups -OCH3 is 1. The summed E-state index contributed by atoms with van der Waals surface area (Å²) in [5, 5.41) is 2.35. The van der Waals surface area contributed by atoms with Crippen molar-refractivity contribution in [1.29, 1.82) is 0 Å². The summed E-state index contributed by atoms with van der Waals surface area (Å²) in [7, 11) is 5.90. The average molecular weight is 564 g/mol. The first kappa shape index (κ1) is 26.2. The van der Waals surface area contributed by atoms with Gasteiger partial charge in [0, 0.05) is 41.9 Å². The van der Waals surface area contributed by atoms with Crippen molar-refractivity contribution < 1.29 is 9.47 Å². The highest BCUT2D eigenvalue weighted by Gasteiger charge is 2.43. The molecular weight excluding hydrogens is 526 g/mol. The SMILES string of the molecule is COc1ccc2c3c(c4c(c2c1)OC(c1ccccc1)(c1ccc(N(C)C)cc1)C=C4)C1CCCCC1c1ccccc1-3. The van der Waals surface area contributed by atoms with Crippen LogP contribution in [-0.4, -0.2) is 21.2 Å². The summed E-state index contributed by atoms with van der Waals surface area (Å²) >= 11 is 0. The van der Waals surface area contributed by atoms with E-state index >= 15 is 0 Å². The van der Waals surface area contributed by atoms with E-state index in [1.54, 1.807) is 7.11 Å². The third kappa shape index (κ3) is 3.94. The van der Waals surface area contributed by atoms with E-state index in [1.165, 1.54) is 64.6 Å². The molecule has 3 nitrogen and oxygen atoms in total. The Morgan fingerprint density at radius 3 is 2.26 bits per heavy atom. The molecule has 3 atom stereocenters.